The summed E-state index contributed by atoms with van der Waals surface area (Å²) >= 11 is 0. The molecule has 0 amide bonds. The highest BCUT2D eigenvalue weighted by molar-refractivity contribution is 7.60. The van der Waals surface area contributed by atoms with E-state index in [2.05, 4.69) is 0 Å². The average molecular weight is 196 g/mol. The molecule has 0 bridgehead atoms. The van der Waals surface area contributed by atoms with Crippen molar-refractivity contribution in [1.82, 2.24) is 0 Å². The fourth-order valence-electron chi connectivity index (χ4n) is 1.42. The molecule has 1 aromatic rings. The Balaban J connectivity index is 2.53. The summed E-state index contributed by atoms with van der Waals surface area (Å²) in [5, 5.41) is 0.0952. The van der Waals surface area contributed by atoms with Gasteiger partial charge < -0.3 is 9.79 Å². The lowest BCUT2D eigenvalue weighted by Crippen LogP contribution is -2.04. The molecule has 0 radical (unpaired) electrons. The van der Waals surface area contributed by atoms with Crippen LogP contribution >= 0.6 is 7.60 Å². The zero-order chi connectivity index (χ0) is 9.47. The van der Waals surface area contributed by atoms with Gasteiger partial charge in [-0.1, -0.05) is 18.2 Å². The van der Waals surface area contributed by atoms with Gasteiger partial charge in [0.05, 0.1) is 5.30 Å². The lowest BCUT2D eigenvalue weighted by molar-refractivity contribution is 0.387. The van der Waals surface area contributed by atoms with Crippen LogP contribution in [-0.2, 0) is 11.0 Å². The van der Waals surface area contributed by atoms with E-state index >= 15 is 0 Å². The van der Waals surface area contributed by atoms with Crippen molar-refractivity contribution in [3.05, 3.63) is 35.4 Å². The van der Waals surface area contributed by atoms with E-state index in [1.54, 1.807) is 12.1 Å². The highest BCUT2D eigenvalue weighted by atomic mass is 31.2. The van der Waals surface area contributed by atoms with Crippen LogP contribution in [0.1, 0.15) is 11.1 Å². The summed E-state index contributed by atoms with van der Waals surface area (Å²) in [5.74, 6) is 0. The largest absolute Gasteiger partial charge is 0.356 e. The third kappa shape index (κ3) is 1.59. The van der Waals surface area contributed by atoms with E-state index in [-0.39, 0.29) is 5.30 Å². The normalized spacial score (nSPS) is 14.6. The van der Waals surface area contributed by atoms with E-state index in [1.807, 2.05) is 12.2 Å². The summed E-state index contributed by atoms with van der Waals surface area (Å²) in [7, 11) is -4.08. The molecule has 1 aliphatic rings. The van der Waals surface area contributed by atoms with E-state index in [4.69, 9.17) is 9.79 Å². The van der Waals surface area contributed by atoms with Gasteiger partial charge in [-0.2, -0.15) is 0 Å². The SMILES string of the molecule is O=P(O)(O)c1ccc2c(c1)C=CC2. The van der Waals surface area contributed by atoms with Crippen LogP contribution in [0.15, 0.2) is 24.3 Å². The molecular formula is C9H9O3P. The number of allylic oxidation sites excluding steroid dienone is 1. The molecule has 68 valence electrons. The minimum Gasteiger partial charge on any atom is -0.321 e. The summed E-state index contributed by atoms with van der Waals surface area (Å²) in [4.78, 5) is 17.8. The lowest BCUT2D eigenvalue weighted by Gasteiger charge is -2.05. The molecule has 0 aromatic heterocycles. The first kappa shape index (κ1) is 8.70. The molecule has 1 aromatic carbocycles. The molecule has 0 saturated heterocycles. The van der Waals surface area contributed by atoms with Crippen LogP contribution in [0.4, 0.5) is 0 Å². The molecule has 2 rings (SSSR count). The molecule has 13 heavy (non-hydrogen) atoms. The van der Waals surface area contributed by atoms with Crippen molar-refractivity contribution in [3.8, 4) is 0 Å². The third-order valence-corrected chi connectivity index (χ3v) is 3.05. The van der Waals surface area contributed by atoms with Crippen LogP contribution in [0.3, 0.4) is 0 Å². The van der Waals surface area contributed by atoms with Gasteiger partial charge in [-0.3, -0.25) is 4.57 Å². The molecule has 0 atom stereocenters. The fourth-order valence-corrected chi connectivity index (χ4v) is 1.99. The Morgan fingerprint density at radius 2 is 2.08 bits per heavy atom. The van der Waals surface area contributed by atoms with Crippen LogP contribution < -0.4 is 5.30 Å². The smallest absolute Gasteiger partial charge is 0.321 e. The Morgan fingerprint density at radius 3 is 2.77 bits per heavy atom. The van der Waals surface area contributed by atoms with Crippen LogP contribution in [0.5, 0.6) is 0 Å². The highest BCUT2D eigenvalue weighted by Crippen LogP contribution is 2.34. The van der Waals surface area contributed by atoms with Crippen molar-refractivity contribution < 1.29 is 14.4 Å². The number of hydrogen-bond acceptors (Lipinski definition) is 1. The number of hydrogen-bond donors (Lipinski definition) is 2. The first-order valence-corrected chi connectivity index (χ1v) is 5.54. The molecule has 1 aliphatic carbocycles. The van der Waals surface area contributed by atoms with Crippen molar-refractivity contribution >= 4 is 19.0 Å². The van der Waals surface area contributed by atoms with E-state index in [0.29, 0.717) is 0 Å². The quantitative estimate of drug-likeness (QED) is 0.660. The van der Waals surface area contributed by atoms with Gasteiger partial charge in [-0.15, -0.1) is 0 Å². The Kier molecular flexibility index (Phi) is 1.88. The molecule has 0 fully saturated rings. The molecule has 0 saturated carbocycles. The minimum absolute atomic E-state index is 0.0952. The van der Waals surface area contributed by atoms with Gasteiger partial charge in [0.15, 0.2) is 0 Å². The van der Waals surface area contributed by atoms with Crippen LogP contribution in [0.2, 0.25) is 0 Å². The Morgan fingerprint density at radius 1 is 1.31 bits per heavy atom. The van der Waals surface area contributed by atoms with Gasteiger partial charge in [-0.25, -0.2) is 0 Å². The second kappa shape index (κ2) is 2.81. The standard InChI is InChI=1S/C9H9O3P/c10-13(11,12)9-5-4-7-2-1-3-8(7)6-9/h1,3-6H,2H2,(H2,10,11,12). The Labute approximate surface area is 75.9 Å². The van der Waals surface area contributed by atoms with E-state index in [1.165, 1.54) is 6.07 Å². The maximum Gasteiger partial charge on any atom is 0.356 e. The van der Waals surface area contributed by atoms with Gasteiger partial charge in [0.2, 0.25) is 0 Å². The zero-order valence-electron chi connectivity index (χ0n) is 6.84. The summed E-state index contributed by atoms with van der Waals surface area (Å²) in [6.07, 6.45) is 4.72. The van der Waals surface area contributed by atoms with Crippen molar-refractivity contribution in [2.24, 2.45) is 0 Å². The van der Waals surface area contributed by atoms with Gasteiger partial charge in [0, 0.05) is 0 Å². The zero-order valence-corrected chi connectivity index (χ0v) is 7.74. The first-order valence-electron chi connectivity index (χ1n) is 3.93. The maximum absolute atomic E-state index is 10.9. The third-order valence-electron chi connectivity index (χ3n) is 2.10. The summed E-state index contributed by atoms with van der Waals surface area (Å²) in [6.45, 7) is 0. The molecule has 0 aliphatic heterocycles. The molecule has 4 heteroatoms. The minimum atomic E-state index is -4.08. The fraction of sp³-hybridized carbons (Fsp3) is 0.111. The van der Waals surface area contributed by atoms with Crippen LogP contribution in [0, 0.1) is 0 Å². The van der Waals surface area contributed by atoms with Crippen molar-refractivity contribution in [1.29, 1.82) is 0 Å². The molecule has 0 heterocycles. The Hall–Kier alpha value is -0.890. The second-order valence-corrected chi connectivity index (χ2v) is 4.64. The highest BCUT2D eigenvalue weighted by Gasteiger charge is 2.18. The predicted molar refractivity (Wildman–Crippen MR) is 50.9 cm³/mol. The van der Waals surface area contributed by atoms with E-state index < -0.39 is 7.60 Å². The summed E-state index contributed by atoms with van der Waals surface area (Å²) < 4.78 is 10.9. The number of benzene rings is 1. The molecular weight excluding hydrogens is 187 g/mol. The number of fused-ring (bicyclic) bond motifs is 1. The van der Waals surface area contributed by atoms with Gasteiger partial charge in [0.1, 0.15) is 0 Å². The van der Waals surface area contributed by atoms with Crippen molar-refractivity contribution in [3.63, 3.8) is 0 Å². The Bertz CT molecular complexity index is 417. The van der Waals surface area contributed by atoms with Crippen LogP contribution in [0.25, 0.3) is 6.08 Å². The summed E-state index contributed by atoms with van der Waals surface area (Å²) in [6, 6.07) is 4.82. The average Bonchev–Trinajstić information content (AvgIpc) is 2.47. The van der Waals surface area contributed by atoms with Gasteiger partial charge >= 0.3 is 7.60 Å². The molecule has 0 spiro atoms. The number of rotatable bonds is 1. The second-order valence-electron chi connectivity index (χ2n) is 3.03. The monoisotopic (exact) mass is 196 g/mol. The lowest BCUT2D eigenvalue weighted by atomic mass is 10.1. The van der Waals surface area contributed by atoms with Crippen molar-refractivity contribution in [2.75, 3.05) is 0 Å². The predicted octanol–water partition coefficient (Wildman–Crippen LogP) is 1.06. The van der Waals surface area contributed by atoms with Gasteiger partial charge in [-0.05, 0) is 29.7 Å². The van der Waals surface area contributed by atoms with Gasteiger partial charge in [0.25, 0.3) is 0 Å². The summed E-state index contributed by atoms with van der Waals surface area (Å²) in [5.41, 5.74) is 2.04. The van der Waals surface area contributed by atoms with Crippen LogP contribution in [-0.4, -0.2) is 9.79 Å². The molecule has 2 N–H and O–H groups in total. The first-order chi connectivity index (χ1) is 6.07. The maximum atomic E-state index is 10.9. The van der Waals surface area contributed by atoms with E-state index in [0.717, 1.165) is 17.5 Å². The van der Waals surface area contributed by atoms with Crippen molar-refractivity contribution in [2.45, 2.75) is 6.42 Å². The molecule has 3 nitrogen and oxygen atoms in total. The molecule has 0 unspecified atom stereocenters. The van der Waals surface area contributed by atoms with E-state index in [9.17, 15) is 4.57 Å². The topological polar surface area (TPSA) is 57.5 Å².